The van der Waals surface area contributed by atoms with Gasteiger partial charge in [-0.05, 0) is 31.0 Å². The topological polar surface area (TPSA) is 106 Å². The molecule has 0 spiro atoms. The minimum absolute atomic E-state index is 0.0872. The molecule has 130 valence electrons. The summed E-state index contributed by atoms with van der Waals surface area (Å²) in [5.74, 6) is -1.48. The van der Waals surface area contributed by atoms with Crippen molar-refractivity contribution in [3.05, 3.63) is 58.3 Å². The third-order valence-electron chi connectivity index (χ3n) is 4.10. The molecule has 2 amide bonds. The van der Waals surface area contributed by atoms with Crippen LogP contribution in [0.4, 0.5) is 11.6 Å². The van der Waals surface area contributed by atoms with Crippen LogP contribution in [-0.2, 0) is 4.79 Å². The summed E-state index contributed by atoms with van der Waals surface area (Å²) in [6.45, 7) is 0.744. The number of carbonyl (C=O) groups excluding carboxylic acids is 2. The molecular formula is C17H17N3O5. The van der Waals surface area contributed by atoms with Gasteiger partial charge in [-0.2, -0.15) is 0 Å². The normalized spacial score (nSPS) is 17.1. The Hall–Kier alpha value is -3.16. The molecule has 8 nitrogen and oxygen atoms in total. The van der Waals surface area contributed by atoms with Crippen molar-refractivity contribution in [2.75, 3.05) is 18.4 Å². The Balaban J connectivity index is 1.64. The van der Waals surface area contributed by atoms with Crippen molar-refractivity contribution in [2.45, 2.75) is 12.8 Å². The standard InChI is InChI=1S/C17H17N3O5/c21-16(18-13-6-2-1-3-7-13)12-5-4-10-19(11-12)17(22)14-8-9-15(25-14)20(23)24/h1-3,6-9,12H,4-5,10-11H2,(H,18,21). The number of nitrogens with one attached hydrogen (secondary N) is 1. The van der Waals surface area contributed by atoms with Crippen molar-refractivity contribution in [3.63, 3.8) is 0 Å². The largest absolute Gasteiger partial charge is 0.433 e. The molecule has 1 fully saturated rings. The number of amides is 2. The summed E-state index contributed by atoms with van der Waals surface area (Å²) in [6, 6.07) is 11.5. The van der Waals surface area contributed by atoms with Crippen LogP contribution in [0.2, 0.25) is 0 Å². The van der Waals surface area contributed by atoms with E-state index in [0.29, 0.717) is 25.1 Å². The minimum Gasteiger partial charge on any atom is -0.395 e. The quantitative estimate of drug-likeness (QED) is 0.678. The zero-order valence-corrected chi connectivity index (χ0v) is 13.4. The second-order valence-electron chi connectivity index (χ2n) is 5.84. The fourth-order valence-corrected chi connectivity index (χ4v) is 2.84. The van der Waals surface area contributed by atoms with Crippen molar-refractivity contribution in [2.24, 2.45) is 5.92 Å². The summed E-state index contributed by atoms with van der Waals surface area (Å²) in [7, 11) is 0. The molecule has 0 saturated carbocycles. The molecule has 1 atom stereocenters. The number of carbonyl (C=O) groups is 2. The van der Waals surface area contributed by atoms with Crippen molar-refractivity contribution in [1.29, 1.82) is 0 Å². The van der Waals surface area contributed by atoms with Crippen LogP contribution in [0.3, 0.4) is 0 Å². The van der Waals surface area contributed by atoms with Crippen LogP contribution in [0.15, 0.2) is 46.9 Å². The number of piperidine rings is 1. The van der Waals surface area contributed by atoms with Crippen LogP contribution in [0.5, 0.6) is 0 Å². The molecule has 25 heavy (non-hydrogen) atoms. The van der Waals surface area contributed by atoms with Gasteiger partial charge >= 0.3 is 5.88 Å². The van der Waals surface area contributed by atoms with E-state index in [0.717, 1.165) is 6.07 Å². The zero-order valence-electron chi connectivity index (χ0n) is 13.4. The third kappa shape index (κ3) is 3.85. The van der Waals surface area contributed by atoms with E-state index in [2.05, 4.69) is 5.32 Å². The average molecular weight is 343 g/mol. The summed E-state index contributed by atoms with van der Waals surface area (Å²) in [5, 5.41) is 13.5. The van der Waals surface area contributed by atoms with E-state index in [1.165, 1.54) is 11.0 Å². The first-order chi connectivity index (χ1) is 12.0. The molecule has 1 N–H and O–H groups in total. The molecule has 1 aromatic heterocycles. The van der Waals surface area contributed by atoms with Crippen molar-refractivity contribution < 1.29 is 18.9 Å². The molecule has 2 heterocycles. The predicted octanol–water partition coefficient (Wildman–Crippen LogP) is 2.68. The Morgan fingerprint density at radius 3 is 2.64 bits per heavy atom. The number of nitro groups is 1. The van der Waals surface area contributed by atoms with E-state index in [9.17, 15) is 19.7 Å². The van der Waals surface area contributed by atoms with Gasteiger partial charge in [-0.25, -0.2) is 0 Å². The molecule has 3 rings (SSSR count). The highest BCUT2D eigenvalue weighted by Gasteiger charge is 2.31. The Bertz CT molecular complexity index is 787. The number of para-hydroxylation sites is 1. The monoisotopic (exact) mass is 343 g/mol. The molecule has 1 saturated heterocycles. The smallest absolute Gasteiger partial charge is 0.395 e. The summed E-state index contributed by atoms with van der Waals surface area (Å²) >= 11 is 0. The number of hydrogen-bond donors (Lipinski definition) is 1. The summed E-state index contributed by atoms with van der Waals surface area (Å²) in [4.78, 5) is 36.3. The van der Waals surface area contributed by atoms with Gasteiger partial charge in [-0.15, -0.1) is 0 Å². The maximum Gasteiger partial charge on any atom is 0.433 e. The van der Waals surface area contributed by atoms with Gasteiger partial charge in [0.1, 0.15) is 4.92 Å². The maximum absolute atomic E-state index is 12.4. The molecule has 1 unspecified atom stereocenters. The van der Waals surface area contributed by atoms with Crippen LogP contribution in [0.25, 0.3) is 0 Å². The molecule has 1 aromatic carbocycles. The van der Waals surface area contributed by atoms with Gasteiger partial charge in [0, 0.05) is 18.8 Å². The summed E-state index contributed by atoms with van der Waals surface area (Å²) in [6.07, 6.45) is 1.36. The number of anilines is 1. The number of furan rings is 1. The highest BCUT2D eigenvalue weighted by molar-refractivity contribution is 5.95. The lowest BCUT2D eigenvalue weighted by Crippen LogP contribution is -2.43. The van der Waals surface area contributed by atoms with Crippen molar-refractivity contribution in [1.82, 2.24) is 4.90 Å². The van der Waals surface area contributed by atoms with E-state index in [1.807, 2.05) is 18.2 Å². The van der Waals surface area contributed by atoms with Crippen LogP contribution in [0, 0.1) is 16.0 Å². The van der Waals surface area contributed by atoms with Gasteiger partial charge in [-0.1, -0.05) is 18.2 Å². The molecule has 1 aliphatic heterocycles. The van der Waals surface area contributed by atoms with Crippen molar-refractivity contribution in [3.8, 4) is 0 Å². The van der Waals surface area contributed by atoms with Gasteiger partial charge in [0.2, 0.25) is 5.91 Å². The number of benzene rings is 1. The summed E-state index contributed by atoms with van der Waals surface area (Å²) in [5.41, 5.74) is 0.706. The minimum atomic E-state index is -0.691. The SMILES string of the molecule is O=C(Nc1ccccc1)C1CCCN(C(=O)c2ccc([N+](=O)[O-])o2)C1. The number of rotatable bonds is 4. The molecular weight excluding hydrogens is 326 g/mol. The fourth-order valence-electron chi connectivity index (χ4n) is 2.84. The highest BCUT2D eigenvalue weighted by Crippen LogP contribution is 2.23. The van der Waals surface area contributed by atoms with Gasteiger partial charge in [0.05, 0.1) is 12.0 Å². The lowest BCUT2D eigenvalue weighted by atomic mass is 9.96. The third-order valence-corrected chi connectivity index (χ3v) is 4.10. The second kappa shape index (κ2) is 7.16. The molecule has 0 aliphatic carbocycles. The number of hydrogen-bond acceptors (Lipinski definition) is 5. The molecule has 0 radical (unpaired) electrons. The Kier molecular flexibility index (Phi) is 4.78. The fraction of sp³-hybridized carbons (Fsp3) is 0.294. The number of nitrogens with zero attached hydrogens (tertiary/aromatic N) is 2. The Labute approximate surface area is 143 Å². The lowest BCUT2D eigenvalue weighted by molar-refractivity contribution is -0.402. The van der Waals surface area contributed by atoms with E-state index >= 15 is 0 Å². The van der Waals surface area contributed by atoms with Crippen LogP contribution < -0.4 is 5.32 Å². The molecule has 2 aromatic rings. The van der Waals surface area contributed by atoms with Gasteiger partial charge in [0.25, 0.3) is 5.91 Å². The van der Waals surface area contributed by atoms with E-state index in [-0.39, 0.29) is 24.1 Å². The van der Waals surface area contributed by atoms with Crippen molar-refractivity contribution >= 4 is 23.4 Å². The molecule has 8 heteroatoms. The van der Waals surface area contributed by atoms with Gasteiger partial charge < -0.3 is 14.6 Å². The second-order valence-corrected chi connectivity index (χ2v) is 5.84. The van der Waals surface area contributed by atoms with E-state index < -0.39 is 16.7 Å². The Morgan fingerprint density at radius 1 is 1.20 bits per heavy atom. The van der Waals surface area contributed by atoms with Crippen LogP contribution in [0.1, 0.15) is 23.4 Å². The molecule has 0 bridgehead atoms. The first kappa shape index (κ1) is 16.7. The first-order valence-electron chi connectivity index (χ1n) is 7.94. The van der Waals surface area contributed by atoms with Crippen LogP contribution >= 0.6 is 0 Å². The van der Waals surface area contributed by atoms with Crippen LogP contribution in [-0.4, -0.2) is 34.7 Å². The zero-order chi connectivity index (χ0) is 17.8. The Morgan fingerprint density at radius 2 is 1.96 bits per heavy atom. The highest BCUT2D eigenvalue weighted by atomic mass is 16.6. The van der Waals surface area contributed by atoms with E-state index in [1.54, 1.807) is 12.1 Å². The lowest BCUT2D eigenvalue weighted by Gasteiger charge is -2.31. The number of likely N-dealkylation sites (tertiary alicyclic amines) is 1. The first-order valence-corrected chi connectivity index (χ1v) is 7.94. The average Bonchev–Trinajstić information content (AvgIpc) is 3.12. The molecule has 1 aliphatic rings. The van der Waals surface area contributed by atoms with E-state index in [4.69, 9.17) is 4.42 Å². The van der Waals surface area contributed by atoms with Gasteiger partial charge in [-0.3, -0.25) is 19.7 Å². The summed E-state index contributed by atoms with van der Waals surface area (Å²) < 4.78 is 4.96. The maximum atomic E-state index is 12.4. The van der Waals surface area contributed by atoms with Gasteiger partial charge in [0.15, 0.2) is 5.76 Å². The predicted molar refractivity (Wildman–Crippen MR) is 89.1 cm³/mol.